The maximum atomic E-state index is 12.3. The fraction of sp³-hybridized carbons (Fsp3) is 0.714. The molecule has 3 rings (SSSR count). The Balaban J connectivity index is 1.68. The van der Waals surface area contributed by atoms with Crippen LogP contribution in [0.5, 0.6) is 0 Å². The van der Waals surface area contributed by atoms with Crippen molar-refractivity contribution in [1.29, 1.82) is 0 Å². The van der Waals surface area contributed by atoms with Gasteiger partial charge in [-0.2, -0.15) is 0 Å². The van der Waals surface area contributed by atoms with Gasteiger partial charge in [-0.1, -0.05) is 12.2 Å². The zero-order valence-electron chi connectivity index (χ0n) is 11.0. The maximum absolute atomic E-state index is 12.3. The summed E-state index contributed by atoms with van der Waals surface area (Å²) >= 11 is 0. The second-order valence-electron chi connectivity index (χ2n) is 5.98. The minimum absolute atomic E-state index is 0.0353. The van der Waals surface area contributed by atoms with Crippen molar-refractivity contribution in [3.63, 3.8) is 0 Å². The first kappa shape index (κ1) is 11.9. The molecule has 18 heavy (non-hydrogen) atoms. The molecule has 0 radical (unpaired) electrons. The number of amides is 2. The van der Waals surface area contributed by atoms with E-state index in [4.69, 9.17) is 0 Å². The van der Waals surface area contributed by atoms with E-state index in [0.717, 1.165) is 19.4 Å². The zero-order chi connectivity index (χ0) is 12.9. The number of carbonyl (C=O) groups excluding carboxylic acids is 2. The Morgan fingerprint density at radius 1 is 1.17 bits per heavy atom. The van der Waals surface area contributed by atoms with E-state index in [9.17, 15) is 9.59 Å². The fourth-order valence-electron chi connectivity index (χ4n) is 3.73. The van der Waals surface area contributed by atoms with Crippen LogP contribution < -0.4 is 0 Å². The summed E-state index contributed by atoms with van der Waals surface area (Å²) in [5.41, 5.74) is 0. The molecule has 98 valence electrons. The van der Waals surface area contributed by atoms with E-state index in [1.165, 1.54) is 4.90 Å². The van der Waals surface area contributed by atoms with E-state index in [2.05, 4.69) is 17.1 Å². The summed E-state index contributed by atoms with van der Waals surface area (Å²) < 4.78 is 0. The Labute approximate surface area is 108 Å². The Bertz CT molecular complexity index is 386. The van der Waals surface area contributed by atoms with Gasteiger partial charge < -0.3 is 4.90 Å². The molecule has 0 aromatic rings. The smallest absolute Gasteiger partial charge is 0.233 e. The number of carbonyl (C=O) groups is 2. The number of allylic oxidation sites excluding steroid dienone is 2. The van der Waals surface area contributed by atoms with Gasteiger partial charge in [-0.15, -0.1) is 0 Å². The Morgan fingerprint density at radius 3 is 2.22 bits per heavy atom. The molecule has 4 atom stereocenters. The number of nitrogens with zero attached hydrogens (tertiary/aromatic N) is 2. The van der Waals surface area contributed by atoms with Gasteiger partial charge in [-0.05, 0) is 45.3 Å². The van der Waals surface area contributed by atoms with E-state index in [1.54, 1.807) is 0 Å². The van der Waals surface area contributed by atoms with Crippen LogP contribution in [-0.2, 0) is 9.59 Å². The van der Waals surface area contributed by atoms with Gasteiger partial charge in [0.1, 0.15) is 0 Å². The Kier molecular flexibility index (Phi) is 2.77. The van der Waals surface area contributed by atoms with Crippen LogP contribution in [0, 0.1) is 23.7 Å². The number of likely N-dealkylation sites (tertiary alicyclic amines) is 1. The van der Waals surface area contributed by atoms with Gasteiger partial charge in [0.2, 0.25) is 11.8 Å². The molecule has 1 saturated heterocycles. The van der Waals surface area contributed by atoms with Gasteiger partial charge in [-0.25, -0.2) is 0 Å². The van der Waals surface area contributed by atoms with Crippen molar-refractivity contribution >= 4 is 11.8 Å². The van der Waals surface area contributed by atoms with Crippen molar-refractivity contribution in [3.05, 3.63) is 12.2 Å². The summed E-state index contributed by atoms with van der Waals surface area (Å²) in [4.78, 5) is 28.2. The summed E-state index contributed by atoms with van der Waals surface area (Å²) in [6, 6.07) is 0. The van der Waals surface area contributed by atoms with Crippen molar-refractivity contribution < 1.29 is 9.59 Å². The quantitative estimate of drug-likeness (QED) is 0.544. The monoisotopic (exact) mass is 248 g/mol. The summed E-state index contributed by atoms with van der Waals surface area (Å²) in [6.45, 7) is 1.50. The fourth-order valence-corrected chi connectivity index (χ4v) is 3.73. The number of rotatable bonds is 4. The van der Waals surface area contributed by atoms with Crippen LogP contribution >= 0.6 is 0 Å². The van der Waals surface area contributed by atoms with Gasteiger partial charge in [-0.3, -0.25) is 14.5 Å². The average molecular weight is 248 g/mol. The molecule has 0 aromatic carbocycles. The average Bonchev–Trinajstić information content (AvgIpc) is 2.97. The number of hydrogen-bond acceptors (Lipinski definition) is 3. The third-order valence-corrected chi connectivity index (χ3v) is 4.55. The normalized spacial score (nSPS) is 37.2. The molecule has 0 unspecified atom stereocenters. The largest absolute Gasteiger partial charge is 0.309 e. The first-order valence-electron chi connectivity index (χ1n) is 6.78. The predicted octanol–water partition coefficient (Wildman–Crippen LogP) is 0.745. The topological polar surface area (TPSA) is 40.6 Å². The highest BCUT2D eigenvalue weighted by Gasteiger charge is 2.58. The second-order valence-corrected chi connectivity index (χ2v) is 5.98. The molecule has 1 heterocycles. The summed E-state index contributed by atoms with van der Waals surface area (Å²) in [6.07, 6.45) is 6.16. The highest BCUT2D eigenvalue weighted by Crippen LogP contribution is 2.52. The summed E-state index contributed by atoms with van der Waals surface area (Å²) in [5.74, 6) is 0.755. The van der Waals surface area contributed by atoms with Crippen LogP contribution in [0.4, 0.5) is 0 Å². The molecule has 3 aliphatic rings. The predicted molar refractivity (Wildman–Crippen MR) is 67.6 cm³/mol. The SMILES string of the molecule is CN(C)CCCN1C(=O)[C@H]2[C@H](C1=O)[C@H]1C=C[C@H]2C1. The highest BCUT2D eigenvalue weighted by atomic mass is 16.2. The van der Waals surface area contributed by atoms with Crippen molar-refractivity contribution in [2.24, 2.45) is 23.7 Å². The van der Waals surface area contributed by atoms with Gasteiger partial charge in [0, 0.05) is 6.54 Å². The third-order valence-electron chi connectivity index (χ3n) is 4.55. The standard InChI is InChI=1S/C14H20N2O2/c1-15(2)6-3-7-16-13(17)11-9-4-5-10(8-9)12(11)14(16)18/h4-5,9-12H,3,6-8H2,1-2H3/t9-,10-,11+,12+/m0/s1. The minimum atomic E-state index is -0.0353. The first-order valence-corrected chi connectivity index (χ1v) is 6.78. The van der Waals surface area contributed by atoms with Gasteiger partial charge in [0.15, 0.2) is 0 Å². The Morgan fingerprint density at radius 2 is 1.72 bits per heavy atom. The highest BCUT2D eigenvalue weighted by molar-refractivity contribution is 6.06. The molecule has 2 fully saturated rings. The Hall–Kier alpha value is -1.16. The van der Waals surface area contributed by atoms with Crippen LogP contribution in [0.1, 0.15) is 12.8 Å². The number of hydrogen-bond donors (Lipinski definition) is 0. The molecule has 0 spiro atoms. The molecule has 2 bridgehead atoms. The lowest BCUT2D eigenvalue weighted by atomic mass is 9.85. The van der Waals surface area contributed by atoms with Crippen LogP contribution in [0.15, 0.2) is 12.2 Å². The van der Waals surface area contributed by atoms with E-state index in [-0.39, 0.29) is 23.7 Å². The second kappa shape index (κ2) is 4.19. The molecule has 4 heteroatoms. The van der Waals surface area contributed by atoms with Gasteiger partial charge >= 0.3 is 0 Å². The molecular formula is C14H20N2O2. The molecule has 2 amide bonds. The van der Waals surface area contributed by atoms with Gasteiger partial charge in [0.05, 0.1) is 11.8 Å². The molecule has 0 N–H and O–H groups in total. The summed E-state index contributed by atoms with van der Waals surface area (Å²) in [5, 5.41) is 0. The zero-order valence-corrected chi connectivity index (χ0v) is 11.0. The van der Waals surface area contributed by atoms with E-state index in [1.807, 2.05) is 14.1 Å². The van der Waals surface area contributed by atoms with E-state index >= 15 is 0 Å². The van der Waals surface area contributed by atoms with Crippen molar-refractivity contribution in [3.8, 4) is 0 Å². The molecule has 4 nitrogen and oxygen atoms in total. The molecule has 0 aromatic heterocycles. The van der Waals surface area contributed by atoms with Crippen molar-refractivity contribution in [2.75, 3.05) is 27.2 Å². The van der Waals surface area contributed by atoms with Crippen LogP contribution in [0.2, 0.25) is 0 Å². The van der Waals surface area contributed by atoms with E-state index < -0.39 is 0 Å². The van der Waals surface area contributed by atoms with E-state index in [0.29, 0.717) is 18.4 Å². The lowest BCUT2D eigenvalue weighted by molar-refractivity contribution is -0.140. The lowest BCUT2D eigenvalue weighted by Crippen LogP contribution is -2.35. The van der Waals surface area contributed by atoms with Crippen LogP contribution in [0.25, 0.3) is 0 Å². The third kappa shape index (κ3) is 1.62. The lowest BCUT2D eigenvalue weighted by Gasteiger charge is -2.18. The van der Waals surface area contributed by atoms with Crippen molar-refractivity contribution in [2.45, 2.75) is 12.8 Å². The number of imide groups is 1. The first-order chi connectivity index (χ1) is 8.59. The molecule has 2 aliphatic carbocycles. The minimum Gasteiger partial charge on any atom is -0.309 e. The molecule has 1 saturated carbocycles. The summed E-state index contributed by atoms with van der Waals surface area (Å²) in [7, 11) is 4.01. The molecule has 1 aliphatic heterocycles. The number of fused-ring (bicyclic) bond motifs is 5. The van der Waals surface area contributed by atoms with Crippen LogP contribution in [-0.4, -0.2) is 48.8 Å². The van der Waals surface area contributed by atoms with Crippen molar-refractivity contribution in [1.82, 2.24) is 9.80 Å². The van der Waals surface area contributed by atoms with Crippen LogP contribution in [0.3, 0.4) is 0 Å². The van der Waals surface area contributed by atoms with Gasteiger partial charge in [0.25, 0.3) is 0 Å². The maximum Gasteiger partial charge on any atom is 0.233 e. The molecular weight excluding hydrogens is 228 g/mol.